The molecule has 2 rings (SSSR count). The van der Waals surface area contributed by atoms with Crippen LogP contribution in [-0.2, 0) is 11.2 Å². The van der Waals surface area contributed by atoms with Crippen LogP contribution in [0, 0.1) is 6.92 Å². The van der Waals surface area contributed by atoms with Gasteiger partial charge in [-0.15, -0.1) is 0 Å². The summed E-state index contributed by atoms with van der Waals surface area (Å²) in [6, 6.07) is 14.6. The predicted molar refractivity (Wildman–Crippen MR) is 76.6 cm³/mol. The molecule has 0 bridgehead atoms. The van der Waals surface area contributed by atoms with E-state index in [1.54, 1.807) is 7.11 Å². The Balaban J connectivity index is 2.36. The molecule has 2 aromatic carbocycles. The van der Waals surface area contributed by atoms with Gasteiger partial charge in [0.25, 0.3) is 0 Å². The van der Waals surface area contributed by atoms with E-state index in [1.165, 1.54) is 5.56 Å². The molecule has 0 unspecified atom stereocenters. The number of nitrogens with two attached hydrogens (primary N) is 1. The van der Waals surface area contributed by atoms with Crippen LogP contribution in [0.5, 0.6) is 0 Å². The van der Waals surface area contributed by atoms with Crippen molar-refractivity contribution in [2.75, 3.05) is 19.5 Å². The van der Waals surface area contributed by atoms with Crippen molar-refractivity contribution in [1.82, 2.24) is 0 Å². The summed E-state index contributed by atoms with van der Waals surface area (Å²) in [5.41, 5.74) is 11.8. The third-order valence-electron chi connectivity index (χ3n) is 3.13. The molecule has 0 heterocycles. The second-order valence-electron chi connectivity index (χ2n) is 4.49. The maximum atomic E-state index is 6.24. The minimum Gasteiger partial charge on any atom is -0.398 e. The van der Waals surface area contributed by atoms with Gasteiger partial charge in [0.05, 0.1) is 6.61 Å². The molecule has 0 saturated heterocycles. The van der Waals surface area contributed by atoms with Gasteiger partial charge >= 0.3 is 0 Å². The zero-order valence-electron chi connectivity index (χ0n) is 10.9. The summed E-state index contributed by atoms with van der Waals surface area (Å²) < 4.78 is 5.11. The summed E-state index contributed by atoms with van der Waals surface area (Å²) in [4.78, 5) is 0. The van der Waals surface area contributed by atoms with Crippen LogP contribution in [0.2, 0.25) is 0 Å². The van der Waals surface area contributed by atoms with Crippen molar-refractivity contribution < 1.29 is 4.74 Å². The lowest BCUT2D eigenvalue weighted by molar-refractivity contribution is 0.202. The molecule has 2 N–H and O–H groups in total. The highest BCUT2D eigenvalue weighted by Crippen LogP contribution is 2.29. The maximum Gasteiger partial charge on any atom is 0.0503 e. The first kappa shape index (κ1) is 12.7. The minimum atomic E-state index is 0.696. The molecular weight excluding hydrogens is 222 g/mol. The standard InChI is InChI=1S/C16H19NO/c1-12-6-8-13(9-7-12)15-5-3-4-14(16(15)17)10-11-18-2/h3-9H,10-11,17H2,1-2H3. The number of nitrogen functional groups attached to an aromatic ring is 1. The highest BCUT2D eigenvalue weighted by Gasteiger charge is 2.06. The molecule has 0 aliphatic rings. The summed E-state index contributed by atoms with van der Waals surface area (Å²) in [7, 11) is 1.71. The molecule has 94 valence electrons. The van der Waals surface area contributed by atoms with Gasteiger partial charge in [0, 0.05) is 18.4 Å². The van der Waals surface area contributed by atoms with Gasteiger partial charge < -0.3 is 10.5 Å². The Morgan fingerprint density at radius 2 is 1.78 bits per heavy atom. The fourth-order valence-electron chi connectivity index (χ4n) is 2.03. The minimum absolute atomic E-state index is 0.696. The van der Waals surface area contributed by atoms with E-state index in [1.807, 2.05) is 0 Å². The molecule has 0 fully saturated rings. The van der Waals surface area contributed by atoms with Crippen LogP contribution in [0.25, 0.3) is 11.1 Å². The lowest BCUT2D eigenvalue weighted by Gasteiger charge is -2.11. The number of benzene rings is 2. The first-order chi connectivity index (χ1) is 8.72. The molecule has 0 aliphatic heterocycles. The molecule has 2 nitrogen and oxygen atoms in total. The normalized spacial score (nSPS) is 10.6. The van der Waals surface area contributed by atoms with Gasteiger partial charge in [-0.05, 0) is 24.5 Å². The first-order valence-electron chi connectivity index (χ1n) is 6.15. The van der Waals surface area contributed by atoms with Gasteiger partial charge in [0.15, 0.2) is 0 Å². The van der Waals surface area contributed by atoms with E-state index in [2.05, 4.69) is 49.4 Å². The van der Waals surface area contributed by atoms with E-state index in [0.29, 0.717) is 6.61 Å². The molecule has 0 atom stereocenters. The van der Waals surface area contributed by atoms with Gasteiger partial charge in [-0.25, -0.2) is 0 Å². The van der Waals surface area contributed by atoms with Gasteiger partial charge in [0.1, 0.15) is 0 Å². The number of ether oxygens (including phenoxy) is 1. The Bertz CT molecular complexity index is 517. The van der Waals surface area contributed by atoms with Crippen molar-refractivity contribution >= 4 is 5.69 Å². The Morgan fingerprint density at radius 1 is 1.06 bits per heavy atom. The van der Waals surface area contributed by atoms with Crippen molar-refractivity contribution in [3.8, 4) is 11.1 Å². The Labute approximate surface area is 108 Å². The molecule has 18 heavy (non-hydrogen) atoms. The zero-order valence-corrected chi connectivity index (χ0v) is 10.9. The summed E-state index contributed by atoms with van der Waals surface area (Å²) in [5, 5.41) is 0. The maximum absolute atomic E-state index is 6.24. The zero-order chi connectivity index (χ0) is 13.0. The third kappa shape index (κ3) is 2.71. The summed E-state index contributed by atoms with van der Waals surface area (Å²) in [5.74, 6) is 0. The summed E-state index contributed by atoms with van der Waals surface area (Å²) in [6.07, 6.45) is 0.849. The largest absolute Gasteiger partial charge is 0.398 e. The smallest absolute Gasteiger partial charge is 0.0503 e. The van der Waals surface area contributed by atoms with Crippen LogP contribution < -0.4 is 5.73 Å². The molecule has 2 aromatic rings. The van der Waals surface area contributed by atoms with Crippen LogP contribution in [0.3, 0.4) is 0 Å². The van der Waals surface area contributed by atoms with Crippen LogP contribution in [0.1, 0.15) is 11.1 Å². The number of hydrogen-bond acceptors (Lipinski definition) is 2. The second-order valence-corrected chi connectivity index (χ2v) is 4.49. The van der Waals surface area contributed by atoms with Crippen LogP contribution in [-0.4, -0.2) is 13.7 Å². The number of aryl methyl sites for hydroxylation is 1. The second kappa shape index (κ2) is 5.69. The van der Waals surface area contributed by atoms with E-state index >= 15 is 0 Å². The molecule has 0 spiro atoms. The average molecular weight is 241 g/mol. The van der Waals surface area contributed by atoms with Crippen molar-refractivity contribution in [1.29, 1.82) is 0 Å². The van der Waals surface area contributed by atoms with Crippen molar-refractivity contribution in [2.45, 2.75) is 13.3 Å². The Hall–Kier alpha value is -1.80. The van der Waals surface area contributed by atoms with E-state index in [4.69, 9.17) is 10.5 Å². The lowest BCUT2D eigenvalue weighted by Crippen LogP contribution is -2.01. The van der Waals surface area contributed by atoms with Gasteiger partial charge in [0.2, 0.25) is 0 Å². The molecule has 0 saturated carbocycles. The fraction of sp³-hybridized carbons (Fsp3) is 0.250. The van der Waals surface area contributed by atoms with Crippen LogP contribution in [0.4, 0.5) is 5.69 Å². The first-order valence-corrected chi connectivity index (χ1v) is 6.15. The van der Waals surface area contributed by atoms with Crippen LogP contribution in [0.15, 0.2) is 42.5 Å². The van der Waals surface area contributed by atoms with Crippen molar-refractivity contribution in [3.05, 3.63) is 53.6 Å². The summed E-state index contributed by atoms with van der Waals surface area (Å²) in [6.45, 7) is 2.78. The molecule has 0 aromatic heterocycles. The molecule has 0 radical (unpaired) electrons. The van der Waals surface area contributed by atoms with Gasteiger partial charge in [-0.2, -0.15) is 0 Å². The predicted octanol–water partition coefficient (Wildman–Crippen LogP) is 3.43. The van der Waals surface area contributed by atoms with E-state index in [0.717, 1.165) is 28.8 Å². The number of hydrogen-bond donors (Lipinski definition) is 1. The summed E-state index contributed by atoms with van der Waals surface area (Å²) >= 11 is 0. The van der Waals surface area contributed by atoms with Gasteiger partial charge in [-0.3, -0.25) is 0 Å². The van der Waals surface area contributed by atoms with E-state index in [9.17, 15) is 0 Å². The number of methoxy groups -OCH3 is 1. The molecule has 0 amide bonds. The average Bonchev–Trinajstić information content (AvgIpc) is 2.39. The Kier molecular flexibility index (Phi) is 4.00. The fourth-order valence-corrected chi connectivity index (χ4v) is 2.03. The molecule has 0 aliphatic carbocycles. The highest BCUT2D eigenvalue weighted by atomic mass is 16.5. The van der Waals surface area contributed by atoms with Crippen molar-refractivity contribution in [3.63, 3.8) is 0 Å². The van der Waals surface area contributed by atoms with E-state index in [-0.39, 0.29) is 0 Å². The van der Waals surface area contributed by atoms with E-state index < -0.39 is 0 Å². The Morgan fingerprint density at radius 3 is 2.44 bits per heavy atom. The topological polar surface area (TPSA) is 35.2 Å². The lowest BCUT2D eigenvalue weighted by atomic mass is 9.98. The van der Waals surface area contributed by atoms with Crippen molar-refractivity contribution in [2.24, 2.45) is 0 Å². The SMILES string of the molecule is COCCc1cccc(-c2ccc(C)cc2)c1N. The monoisotopic (exact) mass is 241 g/mol. The third-order valence-corrected chi connectivity index (χ3v) is 3.13. The number of para-hydroxylation sites is 1. The number of rotatable bonds is 4. The highest BCUT2D eigenvalue weighted by molar-refractivity contribution is 5.78. The van der Waals surface area contributed by atoms with Crippen LogP contribution >= 0.6 is 0 Å². The number of anilines is 1. The quantitative estimate of drug-likeness (QED) is 0.832. The molecular formula is C16H19NO. The molecule has 2 heteroatoms. The van der Waals surface area contributed by atoms with Gasteiger partial charge in [-0.1, -0.05) is 48.0 Å².